The van der Waals surface area contributed by atoms with E-state index in [1.165, 1.54) is 0 Å². The van der Waals surface area contributed by atoms with Gasteiger partial charge in [-0.25, -0.2) is 9.97 Å². The van der Waals surface area contributed by atoms with E-state index in [1.807, 2.05) is 20.0 Å². The smallest absolute Gasteiger partial charge is 0.132 e. The summed E-state index contributed by atoms with van der Waals surface area (Å²) in [7, 11) is 1.94. The Morgan fingerprint density at radius 2 is 2.50 bits per heavy atom. The lowest BCUT2D eigenvalue weighted by Gasteiger charge is -2.33. The zero-order chi connectivity index (χ0) is 11.4. The molecule has 1 aromatic rings. The molecule has 2 rings (SSSR count). The minimum Gasteiger partial charge on any atom is -0.373 e. The van der Waals surface area contributed by atoms with Crippen LogP contribution in [0.25, 0.3) is 0 Å². The van der Waals surface area contributed by atoms with Crippen LogP contribution in [0.2, 0.25) is 0 Å². The third-order valence-electron chi connectivity index (χ3n) is 2.66. The van der Waals surface area contributed by atoms with Crippen molar-refractivity contribution in [3.8, 4) is 0 Å². The van der Waals surface area contributed by atoms with E-state index in [2.05, 4.69) is 20.2 Å². The number of hydrogen-bond donors (Lipinski definition) is 1. The van der Waals surface area contributed by atoms with Crippen LogP contribution in [0, 0.1) is 6.92 Å². The predicted octanol–water partition coefficient (Wildman–Crippen LogP) is 0.210. The Balaban J connectivity index is 2.03. The molecule has 0 bridgehead atoms. The average molecular weight is 222 g/mol. The molecular weight excluding hydrogens is 204 g/mol. The van der Waals surface area contributed by atoms with E-state index in [1.54, 1.807) is 6.20 Å². The summed E-state index contributed by atoms with van der Waals surface area (Å²) in [6.07, 6.45) is 2.05. The van der Waals surface area contributed by atoms with E-state index in [0.29, 0.717) is 0 Å². The van der Waals surface area contributed by atoms with Gasteiger partial charge in [0, 0.05) is 25.8 Å². The lowest BCUT2D eigenvalue weighted by atomic mass is 10.2. The number of hydrogen-bond acceptors (Lipinski definition) is 5. The summed E-state index contributed by atoms with van der Waals surface area (Å²) in [5.41, 5.74) is 0. The van der Waals surface area contributed by atoms with Gasteiger partial charge in [-0.3, -0.25) is 0 Å². The van der Waals surface area contributed by atoms with Crippen molar-refractivity contribution in [1.82, 2.24) is 15.3 Å². The SMILES string of the molecule is CNCC1CN(c2ccnc(C)n2)CCO1. The zero-order valence-electron chi connectivity index (χ0n) is 9.81. The van der Waals surface area contributed by atoms with E-state index in [-0.39, 0.29) is 6.10 Å². The van der Waals surface area contributed by atoms with Crippen molar-refractivity contribution in [2.75, 3.05) is 38.2 Å². The van der Waals surface area contributed by atoms with Gasteiger partial charge in [0.05, 0.1) is 12.7 Å². The van der Waals surface area contributed by atoms with Crippen LogP contribution in [-0.2, 0) is 4.74 Å². The fourth-order valence-electron chi connectivity index (χ4n) is 1.90. The molecule has 1 aliphatic heterocycles. The molecule has 1 saturated heterocycles. The van der Waals surface area contributed by atoms with Gasteiger partial charge in [-0.15, -0.1) is 0 Å². The van der Waals surface area contributed by atoms with Crippen molar-refractivity contribution >= 4 is 5.82 Å². The molecule has 0 radical (unpaired) electrons. The molecule has 1 aromatic heterocycles. The number of nitrogens with zero attached hydrogens (tertiary/aromatic N) is 3. The molecule has 0 saturated carbocycles. The van der Waals surface area contributed by atoms with Crippen LogP contribution in [0.4, 0.5) is 5.82 Å². The Morgan fingerprint density at radius 3 is 3.25 bits per heavy atom. The highest BCUT2D eigenvalue weighted by Gasteiger charge is 2.20. The molecule has 0 aromatic carbocycles. The maximum absolute atomic E-state index is 5.65. The second kappa shape index (κ2) is 5.23. The first-order valence-corrected chi connectivity index (χ1v) is 5.60. The zero-order valence-corrected chi connectivity index (χ0v) is 9.81. The first-order chi connectivity index (χ1) is 7.79. The maximum Gasteiger partial charge on any atom is 0.132 e. The molecule has 0 spiro atoms. The van der Waals surface area contributed by atoms with E-state index < -0.39 is 0 Å². The Hall–Kier alpha value is -1.20. The number of morpholine rings is 1. The highest BCUT2D eigenvalue weighted by Crippen LogP contribution is 2.14. The summed E-state index contributed by atoms with van der Waals surface area (Å²) in [4.78, 5) is 10.8. The van der Waals surface area contributed by atoms with Crippen LogP contribution in [-0.4, -0.2) is 49.4 Å². The van der Waals surface area contributed by atoms with Crippen molar-refractivity contribution in [2.45, 2.75) is 13.0 Å². The molecule has 16 heavy (non-hydrogen) atoms. The monoisotopic (exact) mass is 222 g/mol. The highest BCUT2D eigenvalue weighted by atomic mass is 16.5. The normalized spacial score (nSPS) is 21.1. The van der Waals surface area contributed by atoms with E-state index >= 15 is 0 Å². The molecule has 88 valence electrons. The van der Waals surface area contributed by atoms with E-state index in [4.69, 9.17) is 4.74 Å². The van der Waals surface area contributed by atoms with Gasteiger partial charge in [-0.2, -0.15) is 0 Å². The molecule has 1 atom stereocenters. The summed E-state index contributed by atoms with van der Waals surface area (Å²) in [6, 6.07) is 1.95. The molecule has 1 fully saturated rings. The van der Waals surface area contributed by atoms with Gasteiger partial charge in [0.25, 0.3) is 0 Å². The fourth-order valence-corrected chi connectivity index (χ4v) is 1.90. The molecule has 1 unspecified atom stereocenters. The van der Waals surface area contributed by atoms with Crippen molar-refractivity contribution in [2.24, 2.45) is 0 Å². The molecule has 0 amide bonds. The number of rotatable bonds is 3. The number of aromatic nitrogens is 2. The van der Waals surface area contributed by atoms with Crippen molar-refractivity contribution in [3.63, 3.8) is 0 Å². The van der Waals surface area contributed by atoms with E-state index in [9.17, 15) is 0 Å². The molecule has 1 aliphatic rings. The molecule has 5 heteroatoms. The standard InChI is InChI=1S/C11H18N4O/c1-9-13-4-3-11(14-9)15-5-6-16-10(8-15)7-12-2/h3-4,10,12H,5-8H2,1-2H3. The molecular formula is C11H18N4O. The van der Waals surface area contributed by atoms with Crippen LogP contribution in [0.3, 0.4) is 0 Å². The third-order valence-corrected chi connectivity index (χ3v) is 2.66. The number of likely N-dealkylation sites (N-methyl/N-ethyl adjacent to an activating group) is 1. The van der Waals surface area contributed by atoms with Gasteiger partial charge in [-0.1, -0.05) is 0 Å². The van der Waals surface area contributed by atoms with Crippen LogP contribution in [0.5, 0.6) is 0 Å². The Morgan fingerprint density at radius 1 is 1.62 bits per heavy atom. The highest BCUT2D eigenvalue weighted by molar-refractivity contribution is 5.38. The van der Waals surface area contributed by atoms with Crippen LogP contribution < -0.4 is 10.2 Å². The lowest BCUT2D eigenvalue weighted by molar-refractivity contribution is 0.0419. The van der Waals surface area contributed by atoms with E-state index in [0.717, 1.165) is 37.9 Å². The largest absolute Gasteiger partial charge is 0.373 e. The van der Waals surface area contributed by atoms with Crippen LogP contribution in [0.1, 0.15) is 5.82 Å². The van der Waals surface area contributed by atoms with Gasteiger partial charge in [0.1, 0.15) is 11.6 Å². The summed E-state index contributed by atoms with van der Waals surface area (Å²) in [5.74, 6) is 1.81. The number of nitrogens with one attached hydrogen (secondary N) is 1. The second-order valence-corrected chi connectivity index (χ2v) is 3.96. The Labute approximate surface area is 95.8 Å². The minimum absolute atomic E-state index is 0.244. The van der Waals surface area contributed by atoms with Crippen molar-refractivity contribution in [1.29, 1.82) is 0 Å². The van der Waals surface area contributed by atoms with Crippen molar-refractivity contribution in [3.05, 3.63) is 18.1 Å². The maximum atomic E-state index is 5.65. The fraction of sp³-hybridized carbons (Fsp3) is 0.636. The average Bonchev–Trinajstić information content (AvgIpc) is 2.30. The second-order valence-electron chi connectivity index (χ2n) is 3.96. The lowest BCUT2D eigenvalue weighted by Crippen LogP contribution is -2.46. The number of aryl methyl sites for hydroxylation is 1. The van der Waals surface area contributed by atoms with Crippen molar-refractivity contribution < 1.29 is 4.74 Å². The topological polar surface area (TPSA) is 50.3 Å². The van der Waals surface area contributed by atoms with Crippen LogP contribution in [0.15, 0.2) is 12.3 Å². The van der Waals surface area contributed by atoms with Gasteiger partial charge in [-0.05, 0) is 20.0 Å². The third kappa shape index (κ3) is 2.68. The minimum atomic E-state index is 0.244. The summed E-state index contributed by atoms with van der Waals surface area (Å²) < 4.78 is 5.65. The van der Waals surface area contributed by atoms with Gasteiger partial charge < -0.3 is 15.0 Å². The predicted molar refractivity (Wildman–Crippen MR) is 62.6 cm³/mol. The Kier molecular flexibility index (Phi) is 3.69. The summed E-state index contributed by atoms with van der Waals surface area (Å²) >= 11 is 0. The molecule has 1 N–H and O–H groups in total. The molecule has 5 nitrogen and oxygen atoms in total. The number of anilines is 1. The molecule has 2 heterocycles. The number of ether oxygens (including phenoxy) is 1. The van der Waals surface area contributed by atoms with Gasteiger partial charge in [0.15, 0.2) is 0 Å². The van der Waals surface area contributed by atoms with Crippen LogP contribution >= 0.6 is 0 Å². The molecule has 0 aliphatic carbocycles. The first kappa shape index (κ1) is 11.3. The quantitative estimate of drug-likeness (QED) is 0.792. The Bertz CT molecular complexity index is 343. The van der Waals surface area contributed by atoms with Gasteiger partial charge >= 0.3 is 0 Å². The summed E-state index contributed by atoms with van der Waals surface area (Å²) in [5, 5.41) is 3.14. The first-order valence-electron chi connectivity index (χ1n) is 5.60. The van der Waals surface area contributed by atoms with Gasteiger partial charge in [0.2, 0.25) is 0 Å². The summed E-state index contributed by atoms with van der Waals surface area (Å²) in [6.45, 7) is 5.33.